The number of aromatic nitrogens is 4. The number of anilines is 4. The van der Waals surface area contributed by atoms with E-state index in [1.165, 1.54) is 11.6 Å². The summed E-state index contributed by atoms with van der Waals surface area (Å²) in [4.78, 5) is 23.3. The predicted molar refractivity (Wildman–Crippen MR) is 118 cm³/mol. The molecule has 0 aliphatic carbocycles. The predicted octanol–water partition coefficient (Wildman–Crippen LogP) is 3.34. The lowest BCUT2D eigenvalue weighted by Gasteiger charge is -2.19. The molecule has 1 aliphatic rings. The second kappa shape index (κ2) is 8.36. The molecule has 4 rings (SSSR count). The second-order valence-corrected chi connectivity index (χ2v) is 7.32. The van der Waals surface area contributed by atoms with Gasteiger partial charge in [-0.25, -0.2) is 4.98 Å². The van der Waals surface area contributed by atoms with E-state index in [4.69, 9.17) is 4.98 Å². The molecule has 0 unspecified atom stereocenters. The van der Waals surface area contributed by atoms with Crippen LogP contribution in [0, 0.1) is 6.92 Å². The molecule has 8 nitrogen and oxygen atoms in total. The molecule has 0 saturated heterocycles. The monoisotopic (exact) mass is 403 g/mol. The molecule has 1 aliphatic heterocycles. The lowest BCUT2D eigenvalue weighted by Crippen LogP contribution is -2.21. The molecule has 8 heteroatoms. The van der Waals surface area contributed by atoms with Gasteiger partial charge in [-0.05, 0) is 44.0 Å². The van der Waals surface area contributed by atoms with Crippen LogP contribution in [0.4, 0.5) is 23.1 Å². The van der Waals surface area contributed by atoms with E-state index in [1.807, 2.05) is 51.4 Å². The van der Waals surface area contributed by atoms with Crippen molar-refractivity contribution in [3.8, 4) is 0 Å². The van der Waals surface area contributed by atoms with Gasteiger partial charge in [0.15, 0.2) is 0 Å². The maximum atomic E-state index is 11.7. The minimum Gasteiger partial charge on any atom is -0.352 e. The van der Waals surface area contributed by atoms with Crippen LogP contribution in [-0.2, 0) is 24.8 Å². The Hall–Kier alpha value is -3.68. The maximum Gasteiger partial charge on any atom is 0.248 e. The number of carbonyl (C=O) groups excluding carboxylic acids is 1. The second-order valence-electron chi connectivity index (χ2n) is 7.32. The summed E-state index contributed by atoms with van der Waals surface area (Å²) in [6, 6.07) is 7.92. The lowest BCUT2D eigenvalue weighted by molar-refractivity contribution is -0.111. The number of fused-ring (bicyclic) bond motifs is 1. The van der Waals surface area contributed by atoms with Crippen molar-refractivity contribution in [2.45, 2.75) is 26.8 Å². The average Bonchev–Trinajstić information content (AvgIpc) is 3.30. The first-order valence-electron chi connectivity index (χ1n) is 9.92. The molecule has 2 aromatic heterocycles. The van der Waals surface area contributed by atoms with Gasteiger partial charge in [0.2, 0.25) is 11.9 Å². The number of nitrogens with one attached hydrogen (secondary N) is 2. The Morgan fingerprint density at radius 3 is 2.70 bits per heavy atom. The van der Waals surface area contributed by atoms with Crippen molar-refractivity contribution in [3.63, 3.8) is 0 Å². The third-order valence-corrected chi connectivity index (χ3v) is 5.00. The first-order chi connectivity index (χ1) is 14.5. The van der Waals surface area contributed by atoms with Gasteiger partial charge in [-0.3, -0.25) is 9.48 Å². The Morgan fingerprint density at radius 1 is 1.20 bits per heavy atom. The van der Waals surface area contributed by atoms with Crippen molar-refractivity contribution in [1.82, 2.24) is 19.7 Å². The van der Waals surface area contributed by atoms with Crippen molar-refractivity contribution in [2.24, 2.45) is 7.05 Å². The quantitative estimate of drug-likeness (QED) is 0.614. The molecule has 3 heterocycles. The molecule has 0 fully saturated rings. The number of amides is 1. The Bertz CT molecular complexity index is 1090. The molecule has 1 amide bonds. The van der Waals surface area contributed by atoms with Crippen LogP contribution in [0.25, 0.3) is 0 Å². The van der Waals surface area contributed by atoms with Crippen LogP contribution in [0.15, 0.2) is 48.8 Å². The topological polar surface area (TPSA) is 88.0 Å². The van der Waals surface area contributed by atoms with E-state index < -0.39 is 0 Å². The maximum absolute atomic E-state index is 11.7. The molecule has 2 N–H and O–H groups in total. The van der Waals surface area contributed by atoms with Crippen LogP contribution >= 0.6 is 0 Å². The van der Waals surface area contributed by atoms with E-state index >= 15 is 0 Å². The number of rotatable bonds is 6. The number of aryl methyl sites for hydroxylation is 2. The number of carbonyl (C=O) groups is 1. The number of nitrogens with zero attached hydrogens (tertiary/aromatic N) is 5. The summed E-state index contributed by atoms with van der Waals surface area (Å²) >= 11 is 0. The van der Waals surface area contributed by atoms with Crippen LogP contribution < -0.4 is 15.5 Å². The molecule has 3 aromatic rings. The molecule has 30 heavy (non-hydrogen) atoms. The summed E-state index contributed by atoms with van der Waals surface area (Å²) in [6.07, 6.45) is 7.80. The largest absolute Gasteiger partial charge is 0.352 e. The van der Waals surface area contributed by atoms with E-state index in [1.54, 1.807) is 17.0 Å². The van der Waals surface area contributed by atoms with Gasteiger partial charge in [-0.1, -0.05) is 18.2 Å². The Morgan fingerprint density at radius 2 is 2.00 bits per heavy atom. The highest BCUT2D eigenvalue weighted by molar-refractivity contribution is 5.99. The van der Waals surface area contributed by atoms with Crippen molar-refractivity contribution in [1.29, 1.82) is 0 Å². The minimum absolute atomic E-state index is 0.125. The molecule has 154 valence electrons. The number of allylic oxidation sites excluding steroid dienone is 1. The minimum atomic E-state index is -0.125. The lowest BCUT2D eigenvalue weighted by atomic mass is 10.2. The van der Waals surface area contributed by atoms with E-state index in [9.17, 15) is 4.79 Å². The van der Waals surface area contributed by atoms with E-state index in [-0.39, 0.29) is 5.91 Å². The van der Waals surface area contributed by atoms with Crippen molar-refractivity contribution < 1.29 is 4.79 Å². The van der Waals surface area contributed by atoms with E-state index in [2.05, 4.69) is 25.6 Å². The van der Waals surface area contributed by atoms with Gasteiger partial charge >= 0.3 is 0 Å². The molecular formula is C22H25N7O. The first-order valence-corrected chi connectivity index (χ1v) is 9.92. The number of hydrogen-bond donors (Lipinski definition) is 2. The Labute approximate surface area is 175 Å². The molecule has 1 aromatic carbocycles. The van der Waals surface area contributed by atoms with Crippen LogP contribution in [0.3, 0.4) is 0 Å². The van der Waals surface area contributed by atoms with Crippen LogP contribution in [0.1, 0.15) is 23.7 Å². The summed E-state index contributed by atoms with van der Waals surface area (Å²) < 4.78 is 1.74. The summed E-state index contributed by atoms with van der Waals surface area (Å²) in [5.41, 5.74) is 4.99. The molecule has 0 spiro atoms. The van der Waals surface area contributed by atoms with Crippen LogP contribution in [0.2, 0.25) is 0 Å². The third-order valence-electron chi connectivity index (χ3n) is 5.00. The fourth-order valence-corrected chi connectivity index (χ4v) is 3.56. The van der Waals surface area contributed by atoms with Gasteiger partial charge in [-0.2, -0.15) is 10.1 Å². The van der Waals surface area contributed by atoms with E-state index in [0.29, 0.717) is 5.95 Å². The smallest absolute Gasteiger partial charge is 0.248 e. The highest BCUT2D eigenvalue weighted by Crippen LogP contribution is 2.31. The zero-order valence-corrected chi connectivity index (χ0v) is 17.4. The number of benzene rings is 1. The van der Waals surface area contributed by atoms with Gasteiger partial charge in [0.1, 0.15) is 5.82 Å². The van der Waals surface area contributed by atoms with Crippen LogP contribution in [0.5, 0.6) is 0 Å². The molecule has 0 radical (unpaired) electrons. The number of hydrogen-bond acceptors (Lipinski definition) is 6. The molecule has 0 bridgehead atoms. The highest BCUT2D eigenvalue weighted by atomic mass is 16.1. The normalized spacial score (nSPS) is 13.0. The summed E-state index contributed by atoms with van der Waals surface area (Å²) in [5, 5.41) is 10.3. The van der Waals surface area contributed by atoms with Gasteiger partial charge in [0, 0.05) is 43.3 Å². The SMILES string of the molecule is C/C=C/C(=O)Nc1ccc(CN2CCc3c(C)nc(Nc4cnn(C)c4)nc32)cc1. The van der Waals surface area contributed by atoms with Gasteiger partial charge < -0.3 is 15.5 Å². The Balaban J connectivity index is 1.49. The zero-order chi connectivity index (χ0) is 21.1. The van der Waals surface area contributed by atoms with Gasteiger partial charge in [0.25, 0.3) is 0 Å². The fourth-order valence-electron chi connectivity index (χ4n) is 3.56. The Kier molecular flexibility index (Phi) is 5.47. The molecule has 0 saturated carbocycles. The summed E-state index contributed by atoms with van der Waals surface area (Å²) in [5.74, 6) is 1.42. The van der Waals surface area contributed by atoms with Crippen molar-refractivity contribution in [2.75, 3.05) is 22.1 Å². The summed E-state index contributed by atoms with van der Waals surface area (Å²) in [6.45, 7) is 5.50. The van der Waals surface area contributed by atoms with Gasteiger partial charge in [-0.15, -0.1) is 0 Å². The van der Waals surface area contributed by atoms with Crippen molar-refractivity contribution in [3.05, 3.63) is 65.6 Å². The third kappa shape index (κ3) is 4.32. The van der Waals surface area contributed by atoms with Crippen LogP contribution in [-0.4, -0.2) is 32.2 Å². The van der Waals surface area contributed by atoms with Gasteiger partial charge in [0.05, 0.1) is 11.9 Å². The van der Waals surface area contributed by atoms with E-state index in [0.717, 1.165) is 48.0 Å². The first kappa shape index (κ1) is 19.6. The summed E-state index contributed by atoms with van der Waals surface area (Å²) in [7, 11) is 1.87. The molecular weight excluding hydrogens is 378 g/mol. The van der Waals surface area contributed by atoms with Crippen molar-refractivity contribution >= 4 is 29.0 Å². The zero-order valence-electron chi connectivity index (χ0n) is 17.4. The standard InChI is InChI=1S/C22H25N7O/c1-4-5-20(30)25-17-8-6-16(7-9-17)13-29-11-10-19-15(2)24-22(27-21(19)29)26-18-12-23-28(3)14-18/h4-9,12,14H,10-11,13H2,1-3H3,(H,25,30)(H,24,26,27)/b5-4+. The highest BCUT2D eigenvalue weighted by Gasteiger charge is 2.24. The fraction of sp³-hybridized carbons (Fsp3) is 0.273. The average molecular weight is 403 g/mol. The molecule has 0 atom stereocenters.